The van der Waals surface area contributed by atoms with Crippen LogP contribution in [0, 0.1) is 5.92 Å². The van der Waals surface area contributed by atoms with Gasteiger partial charge in [0.2, 0.25) is 16.0 Å². The van der Waals surface area contributed by atoms with Crippen molar-refractivity contribution in [2.24, 2.45) is 13.0 Å². The van der Waals surface area contributed by atoms with Gasteiger partial charge in [0.25, 0.3) is 0 Å². The molecule has 2 atom stereocenters. The summed E-state index contributed by atoms with van der Waals surface area (Å²) in [5, 5.41) is 3.00. The molecule has 1 aliphatic carbocycles. The van der Waals surface area contributed by atoms with Gasteiger partial charge < -0.3 is 4.74 Å². The number of ether oxygens (including phenoxy) is 1. The second-order valence-electron chi connectivity index (χ2n) is 4.45. The SMILES string of the molecule is COC(=O)C1CCCC1S(=O)(=O)Nc1ncnn1C. The average molecular weight is 288 g/mol. The number of hydrogen-bond acceptors (Lipinski definition) is 6. The van der Waals surface area contributed by atoms with Gasteiger partial charge in [-0.1, -0.05) is 6.42 Å². The number of carbonyl (C=O) groups is 1. The zero-order valence-electron chi connectivity index (χ0n) is 10.7. The molecule has 0 aromatic carbocycles. The normalized spacial score (nSPS) is 23.3. The van der Waals surface area contributed by atoms with Crippen molar-refractivity contribution in [3.05, 3.63) is 6.33 Å². The summed E-state index contributed by atoms with van der Waals surface area (Å²) in [6.45, 7) is 0. The zero-order chi connectivity index (χ0) is 14.0. The minimum absolute atomic E-state index is 0.135. The minimum atomic E-state index is -3.68. The second kappa shape index (κ2) is 5.16. The highest BCUT2D eigenvalue weighted by atomic mass is 32.2. The number of rotatable bonds is 4. The summed E-state index contributed by atoms with van der Waals surface area (Å²) in [5.41, 5.74) is 0. The summed E-state index contributed by atoms with van der Waals surface area (Å²) in [4.78, 5) is 15.4. The lowest BCUT2D eigenvalue weighted by Crippen LogP contribution is -2.35. The molecule has 2 rings (SSSR count). The number of anilines is 1. The van der Waals surface area contributed by atoms with Crippen LogP contribution in [0.2, 0.25) is 0 Å². The molecule has 0 amide bonds. The topological polar surface area (TPSA) is 103 Å². The van der Waals surface area contributed by atoms with Crippen molar-refractivity contribution in [1.29, 1.82) is 0 Å². The van der Waals surface area contributed by atoms with Crippen molar-refractivity contribution >= 4 is 21.9 Å². The molecule has 0 saturated heterocycles. The van der Waals surface area contributed by atoms with Gasteiger partial charge >= 0.3 is 5.97 Å². The lowest BCUT2D eigenvalue weighted by atomic mass is 10.1. The van der Waals surface area contributed by atoms with Crippen LogP contribution in [0.15, 0.2) is 6.33 Å². The van der Waals surface area contributed by atoms with E-state index >= 15 is 0 Å². The van der Waals surface area contributed by atoms with Gasteiger partial charge in [0, 0.05) is 7.05 Å². The second-order valence-corrected chi connectivity index (χ2v) is 6.35. The third-order valence-corrected chi connectivity index (χ3v) is 5.13. The first-order valence-corrected chi connectivity index (χ1v) is 7.44. The Labute approximate surface area is 111 Å². The Hall–Kier alpha value is -1.64. The number of hydrogen-bond donors (Lipinski definition) is 1. The highest BCUT2D eigenvalue weighted by Crippen LogP contribution is 2.32. The number of esters is 1. The molecule has 19 heavy (non-hydrogen) atoms. The fourth-order valence-corrected chi connectivity index (χ4v) is 4.06. The smallest absolute Gasteiger partial charge is 0.310 e. The van der Waals surface area contributed by atoms with E-state index in [0.717, 1.165) is 0 Å². The van der Waals surface area contributed by atoms with Crippen LogP contribution >= 0.6 is 0 Å². The third kappa shape index (κ3) is 2.70. The number of methoxy groups -OCH3 is 1. The summed E-state index contributed by atoms with van der Waals surface area (Å²) < 4.78 is 32.9. The Kier molecular flexibility index (Phi) is 3.74. The standard InChI is InChI=1S/C10H16N4O4S/c1-14-10(11-6-12-14)13-19(16,17)8-5-3-4-7(8)9(15)18-2/h6-8H,3-5H2,1-2H3,(H,11,12,13). The minimum Gasteiger partial charge on any atom is -0.469 e. The van der Waals surface area contributed by atoms with Crippen LogP contribution in [-0.2, 0) is 26.6 Å². The van der Waals surface area contributed by atoms with Crippen molar-refractivity contribution in [3.63, 3.8) is 0 Å². The zero-order valence-corrected chi connectivity index (χ0v) is 11.6. The first kappa shape index (κ1) is 13.8. The fourth-order valence-electron chi connectivity index (χ4n) is 2.31. The molecule has 1 aliphatic rings. The number of aryl methyl sites for hydroxylation is 1. The Balaban J connectivity index is 2.19. The molecule has 8 nitrogen and oxygen atoms in total. The number of nitrogens with zero attached hydrogens (tertiary/aromatic N) is 3. The first-order chi connectivity index (χ1) is 8.95. The number of carbonyl (C=O) groups excluding carboxylic acids is 1. The highest BCUT2D eigenvalue weighted by Gasteiger charge is 2.42. The molecule has 0 aliphatic heterocycles. The van der Waals surface area contributed by atoms with Crippen LogP contribution in [0.5, 0.6) is 0 Å². The van der Waals surface area contributed by atoms with Gasteiger partial charge in [-0.3, -0.25) is 9.52 Å². The lowest BCUT2D eigenvalue weighted by Gasteiger charge is -2.18. The quantitative estimate of drug-likeness (QED) is 0.776. The van der Waals surface area contributed by atoms with Crippen LogP contribution in [0.3, 0.4) is 0 Å². The predicted octanol–water partition coefficient (Wildman–Crippen LogP) is -0.102. The van der Waals surface area contributed by atoms with E-state index in [1.807, 2.05) is 0 Å². The maximum atomic E-state index is 12.3. The number of nitrogens with one attached hydrogen (secondary N) is 1. The van der Waals surface area contributed by atoms with Gasteiger partial charge in [-0.25, -0.2) is 13.1 Å². The highest BCUT2D eigenvalue weighted by molar-refractivity contribution is 7.93. The summed E-state index contributed by atoms with van der Waals surface area (Å²) >= 11 is 0. The van der Waals surface area contributed by atoms with Gasteiger partial charge in [0.15, 0.2) is 0 Å². The molecule has 1 aromatic rings. The summed E-state index contributed by atoms with van der Waals surface area (Å²) in [6, 6.07) is 0. The fraction of sp³-hybridized carbons (Fsp3) is 0.700. The van der Waals surface area contributed by atoms with Crippen molar-refractivity contribution < 1.29 is 17.9 Å². The molecular weight excluding hydrogens is 272 g/mol. The maximum Gasteiger partial charge on any atom is 0.310 e. The molecule has 1 fully saturated rings. The molecule has 1 heterocycles. The lowest BCUT2D eigenvalue weighted by molar-refractivity contribution is -0.145. The maximum absolute atomic E-state index is 12.3. The van der Waals surface area contributed by atoms with Gasteiger partial charge in [-0.05, 0) is 12.8 Å². The van der Waals surface area contributed by atoms with E-state index < -0.39 is 27.2 Å². The van der Waals surface area contributed by atoms with Crippen molar-refractivity contribution in [1.82, 2.24) is 14.8 Å². The van der Waals surface area contributed by atoms with E-state index in [2.05, 4.69) is 19.5 Å². The van der Waals surface area contributed by atoms with Gasteiger partial charge in [0.1, 0.15) is 6.33 Å². The third-order valence-electron chi connectivity index (χ3n) is 3.30. The molecule has 0 bridgehead atoms. The van der Waals surface area contributed by atoms with Crippen LogP contribution in [-0.4, -0.2) is 41.5 Å². The van der Waals surface area contributed by atoms with Crippen molar-refractivity contribution in [3.8, 4) is 0 Å². The van der Waals surface area contributed by atoms with E-state index in [1.54, 1.807) is 7.05 Å². The summed E-state index contributed by atoms with van der Waals surface area (Å²) in [5.74, 6) is -0.961. The van der Waals surface area contributed by atoms with E-state index in [4.69, 9.17) is 0 Å². The molecule has 106 valence electrons. The van der Waals surface area contributed by atoms with Gasteiger partial charge in [0.05, 0.1) is 18.3 Å². The van der Waals surface area contributed by atoms with E-state index in [9.17, 15) is 13.2 Å². The van der Waals surface area contributed by atoms with E-state index in [1.165, 1.54) is 18.1 Å². The van der Waals surface area contributed by atoms with E-state index in [0.29, 0.717) is 19.3 Å². The Morgan fingerprint density at radius 3 is 2.84 bits per heavy atom. The van der Waals surface area contributed by atoms with Gasteiger partial charge in [-0.2, -0.15) is 10.1 Å². The molecular formula is C10H16N4O4S. The number of aromatic nitrogens is 3. The Morgan fingerprint density at radius 2 is 2.26 bits per heavy atom. The molecule has 2 unspecified atom stereocenters. The van der Waals surface area contributed by atoms with Crippen molar-refractivity contribution in [2.75, 3.05) is 11.8 Å². The summed E-state index contributed by atoms with van der Waals surface area (Å²) in [6.07, 6.45) is 2.90. The number of sulfonamides is 1. The molecule has 1 saturated carbocycles. The van der Waals surface area contributed by atoms with Crippen LogP contribution in [0.4, 0.5) is 5.95 Å². The Bertz CT molecular complexity index is 568. The average Bonchev–Trinajstić information content (AvgIpc) is 2.98. The summed E-state index contributed by atoms with van der Waals surface area (Å²) in [7, 11) is -0.839. The molecule has 0 radical (unpaired) electrons. The van der Waals surface area contributed by atoms with Crippen LogP contribution < -0.4 is 4.72 Å². The van der Waals surface area contributed by atoms with Crippen LogP contribution in [0.1, 0.15) is 19.3 Å². The Morgan fingerprint density at radius 1 is 1.53 bits per heavy atom. The van der Waals surface area contributed by atoms with Crippen molar-refractivity contribution in [2.45, 2.75) is 24.5 Å². The molecule has 0 spiro atoms. The van der Waals surface area contributed by atoms with E-state index in [-0.39, 0.29) is 5.95 Å². The first-order valence-electron chi connectivity index (χ1n) is 5.89. The van der Waals surface area contributed by atoms with Crippen LogP contribution in [0.25, 0.3) is 0 Å². The largest absolute Gasteiger partial charge is 0.469 e. The predicted molar refractivity (Wildman–Crippen MR) is 66.7 cm³/mol. The van der Waals surface area contributed by atoms with Gasteiger partial charge in [-0.15, -0.1) is 0 Å². The monoisotopic (exact) mass is 288 g/mol. The molecule has 9 heteroatoms. The molecule has 1 N–H and O–H groups in total. The molecule has 1 aromatic heterocycles.